The van der Waals surface area contributed by atoms with Crippen LogP contribution in [0.1, 0.15) is 12.5 Å². The Balaban J connectivity index is 1.92. The van der Waals surface area contributed by atoms with Crippen molar-refractivity contribution in [3.8, 4) is 0 Å². The minimum Gasteiger partial charge on any atom is -0.350 e. The Morgan fingerprint density at radius 1 is 1.38 bits per heavy atom. The predicted octanol–water partition coefficient (Wildman–Crippen LogP) is 1.48. The van der Waals surface area contributed by atoms with Gasteiger partial charge in [-0.2, -0.15) is 0 Å². The van der Waals surface area contributed by atoms with Crippen LogP contribution in [0.3, 0.4) is 0 Å². The van der Waals surface area contributed by atoms with Crippen LogP contribution in [0.2, 0.25) is 0 Å². The third-order valence-electron chi connectivity index (χ3n) is 2.20. The van der Waals surface area contributed by atoms with Crippen LogP contribution in [-0.4, -0.2) is 25.6 Å². The average Bonchev–Trinajstić information content (AvgIpc) is 2.74. The largest absolute Gasteiger partial charge is 0.350 e. The molecule has 16 heavy (non-hydrogen) atoms. The molecule has 0 aliphatic heterocycles. The Morgan fingerprint density at radius 3 is 2.75 bits per heavy atom. The van der Waals surface area contributed by atoms with Crippen LogP contribution >= 0.6 is 0 Å². The number of hydrogen-bond donors (Lipinski definition) is 1. The minimum absolute atomic E-state index is 0.261. The number of anilines is 1. The summed E-state index contributed by atoms with van der Waals surface area (Å²) >= 11 is 0. The van der Waals surface area contributed by atoms with Crippen molar-refractivity contribution >= 4 is 5.95 Å². The van der Waals surface area contributed by atoms with E-state index in [0.29, 0.717) is 5.95 Å². The Bertz CT molecular complexity index is 420. The van der Waals surface area contributed by atoms with Gasteiger partial charge in [-0.05, 0) is 19.4 Å². The van der Waals surface area contributed by atoms with Crippen molar-refractivity contribution in [2.45, 2.75) is 26.4 Å². The van der Waals surface area contributed by atoms with Crippen molar-refractivity contribution in [3.63, 3.8) is 0 Å². The van der Waals surface area contributed by atoms with Gasteiger partial charge in [0.15, 0.2) is 0 Å². The van der Waals surface area contributed by atoms with Gasteiger partial charge in [-0.15, -0.1) is 0 Å². The van der Waals surface area contributed by atoms with E-state index in [1.165, 1.54) is 0 Å². The summed E-state index contributed by atoms with van der Waals surface area (Å²) in [7, 11) is 0. The lowest BCUT2D eigenvalue weighted by Gasteiger charge is -2.13. The van der Waals surface area contributed by atoms with Gasteiger partial charge in [0, 0.05) is 37.4 Å². The lowest BCUT2D eigenvalue weighted by molar-refractivity contribution is 0.614. The monoisotopic (exact) mass is 217 g/mol. The molecule has 0 saturated heterocycles. The van der Waals surface area contributed by atoms with Crippen LogP contribution in [0.25, 0.3) is 0 Å². The SMILES string of the molecule is Cc1cnc(NC(C)Cn2ccnc2)nc1. The van der Waals surface area contributed by atoms with Gasteiger partial charge in [-0.3, -0.25) is 0 Å². The molecule has 0 spiro atoms. The number of nitrogens with zero attached hydrogens (tertiary/aromatic N) is 4. The average molecular weight is 217 g/mol. The first kappa shape index (κ1) is 10.6. The fraction of sp³-hybridized carbons (Fsp3) is 0.364. The normalized spacial score (nSPS) is 12.4. The van der Waals surface area contributed by atoms with Crippen molar-refractivity contribution in [3.05, 3.63) is 36.7 Å². The molecule has 2 heterocycles. The molecule has 2 aromatic heterocycles. The van der Waals surface area contributed by atoms with Crippen molar-refractivity contribution in [1.29, 1.82) is 0 Å². The number of aryl methyl sites for hydroxylation is 1. The van der Waals surface area contributed by atoms with Gasteiger partial charge in [-0.25, -0.2) is 15.0 Å². The summed E-state index contributed by atoms with van der Waals surface area (Å²) in [5, 5.41) is 3.24. The highest BCUT2D eigenvalue weighted by atomic mass is 15.1. The van der Waals surface area contributed by atoms with E-state index in [2.05, 4.69) is 27.2 Å². The zero-order valence-corrected chi connectivity index (χ0v) is 9.46. The first-order chi connectivity index (χ1) is 7.74. The molecule has 1 atom stereocenters. The highest BCUT2D eigenvalue weighted by Gasteiger charge is 2.04. The van der Waals surface area contributed by atoms with Crippen molar-refractivity contribution in [2.24, 2.45) is 0 Å². The fourth-order valence-corrected chi connectivity index (χ4v) is 1.44. The molecular weight excluding hydrogens is 202 g/mol. The van der Waals surface area contributed by atoms with Gasteiger partial charge in [0.2, 0.25) is 5.95 Å². The number of hydrogen-bond acceptors (Lipinski definition) is 4. The van der Waals surface area contributed by atoms with Gasteiger partial charge < -0.3 is 9.88 Å². The highest BCUT2D eigenvalue weighted by Crippen LogP contribution is 2.02. The molecule has 0 saturated carbocycles. The summed E-state index contributed by atoms with van der Waals surface area (Å²) in [4.78, 5) is 12.4. The van der Waals surface area contributed by atoms with Gasteiger partial charge in [-0.1, -0.05) is 0 Å². The van der Waals surface area contributed by atoms with E-state index in [-0.39, 0.29) is 6.04 Å². The minimum atomic E-state index is 0.261. The first-order valence-corrected chi connectivity index (χ1v) is 5.25. The first-order valence-electron chi connectivity index (χ1n) is 5.25. The Hall–Kier alpha value is -1.91. The molecule has 84 valence electrons. The lowest BCUT2D eigenvalue weighted by Crippen LogP contribution is -2.22. The third kappa shape index (κ3) is 2.79. The molecule has 1 unspecified atom stereocenters. The summed E-state index contributed by atoms with van der Waals surface area (Å²) < 4.78 is 2.02. The Morgan fingerprint density at radius 2 is 2.12 bits per heavy atom. The van der Waals surface area contributed by atoms with Gasteiger partial charge in [0.1, 0.15) is 0 Å². The molecule has 0 amide bonds. The lowest BCUT2D eigenvalue weighted by atomic mass is 10.3. The highest BCUT2D eigenvalue weighted by molar-refractivity contribution is 5.25. The van der Waals surface area contributed by atoms with E-state index in [9.17, 15) is 0 Å². The molecule has 0 aliphatic carbocycles. The predicted molar refractivity (Wildman–Crippen MR) is 62.1 cm³/mol. The molecule has 2 aromatic rings. The summed E-state index contributed by atoms with van der Waals surface area (Å²) in [5.74, 6) is 0.665. The second-order valence-electron chi connectivity index (χ2n) is 3.89. The van der Waals surface area contributed by atoms with Crippen molar-refractivity contribution in [2.75, 3.05) is 5.32 Å². The van der Waals surface area contributed by atoms with E-state index in [0.717, 1.165) is 12.1 Å². The maximum Gasteiger partial charge on any atom is 0.222 e. The zero-order chi connectivity index (χ0) is 11.4. The summed E-state index contributed by atoms with van der Waals surface area (Å²) in [6, 6.07) is 0.261. The van der Waals surface area contributed by atoms with Crippen LogP contribution in [0.5, 0.6) is 0 Å². The van der Waals surface area contributed by atoms with E-state index in [1.54, 1.807) is 24.9 Å². The van der Waals surface area contributed by atoms with Crippen molar-refractivity contribution < 1.29 is 0 Å². The zero-order valence-electron chi connectivity index (χ0n) is 9.46. The summed E-state index contributed by atoms with van der Waals surface area (Å²) in [5.41, 5.74) is 1.06. The van der Waals surface area contributed by atoms with Crippen molar-refractivity contribution in [1.82, 2.24) is 19.5 Å². The standard InChI is InChI=1S/C11H15N5/c1-9-5-13-11(14-6-9)15-10(2)7-16-4-3-12-8-16/h3-6,8,10H,7H2,1-2H3,(H,13,14,15). The maximum atomic E-state index is 4.20. The number of aromatic nitrogens is 4. The van der Waals surface area contributed by atoms with Crippen LogP contribution < -0.4 is 5.32 Å². The Kier molecular flexibility index (Phi) is 3.14. The van der Waals surface area contributed by atoms with E-state index >= 15 is 0 Å². The molecule has 2 rings (SSSR count). The van der Waals surface area contributed by atoms with E-state index < -0.39 is 0 Å². The van der Waals surface area contributed by atoms with E-state index in [4.69, 9.17) is 0 Å². The molecule has 0 fully saturated rings. The second kappa shape index (κ2) is 4.74. The number of rotatable bonds is 4. The molecule has 0 aromatic carbocycles. The summed E-state index contributed by atoms with van der Waals surface area (Å²) in [6.45, 7) is 4.90. The topological polar surface area (TPSA) is 55.6 Å². The molecule has 5 nitrogen and oxygen atoms in total. The molecule has 0 aliphatic rings. The maximum absolute atomic E-state index is 4.20. The molecule has 1 N–H and O–H groups in total. The van der Waals surface area contributed by atoms with Crippen LogP contribution in [0.15, 0.2) is 31.1 Å². The third-order valence-corrected chi connectivity index (χ3v) is 2.20. The quantitative estimate of drug-likeness (QED) is 0.842. The smallest absolute Gasteiger partial charge is 0.222 e. The molecule has 0 bridgehead atoms. The van der Waals surface area contributed by atoms with Crippen LogP contribution in [0, 0.1) is 6.92 Å². The Labute approximate surface area is 94.6 Å². The summed E-state index contributed by atoms with van der Waals surface area (Å²) in [6.07, 6.45) is 9.12. The van der Waals surface area contributed by atoms with E-state index in [1.807, 2.05) is 17.7 Å². The molecular formula is C11H15N5. The fourth-order valence-electron chi connectivity index (χ4n) is 1.44. The van der Waals surface area contributed by atoms with Gasteiger partial charge in [0.25, 0.3) is 0 Å². The molecule has 5 heteroatoms. The van der Waals surface area contributed by atoms with Gasteiger partial charge in [0.05, 0.1) is 6.33 Å². The number of imidazole rings is 1. The van der Waals surface area contributed by atoms with Gasteiger partial charge >= 0.3 is 0 Å². The molecule has 0 radical (unpaired) electrons. The van der Waals surface area contributed by atoms with Crippen LogP contribution in [0.4, 0.5) is 5.95 Å². The number of nitrogens with one attached hydrogen (secondary N) is 1. The second-order valence-corrected chi connectivity index (χ2v) is 3.89. The van der Waals surface area contributed by atoms with Crippen LogP contribution in [-0.2, 0) is 6.54 Å².